The summed E-state index contributed by atoms with van der Waals surface area (Å²) >= 11 is 0. The topological polar surface area (TPSA) is 56.8 Å². The molecule has 0 spiro atoms. The van der Waals surface area contributed by atoms with Gasteiger partial charge >= 0.3 is 0 Å². The van der Waals surface area contributed by atoms with E-state index in [4.69, 9.17) is 14.3 Å². The van der Waals surface area contributed by atoms with E-state index in [0.29, 0.717) is 24.7 Å². The first kappa shape index (κ1) is 15.9. The lowest BCUT2D eigenvalue weighted by molar-refractivity contribution is -0.135. The fourth-order valence-corrected chi connectivity index (χ4v) is 1.75. The van der Waals surface area contributed by atoms with E-state index >= 15 is 0 Å². The van der Waals surface area contributed by atoms with E-state index in [0.717, 1.165) is 5.56 Å². The molecule has 0 aliphatic rings. The molecule has 22 heavy (non-hydrogen) atoms. The number of rotatable bonds is 8. The summed E-state index contributed by atoms with van der Waals surface area (Å²) in [5.74, 6) is 0.764. The molecule has 0 radical (unpaired) electrons. The van der Waals surface area contributed by atoms with Crippen LogP contribution in [0.3, 0.4) is 0 Å². The molecule has 0 saturated carbocycles. The first-order chi connectivity index (χ1) is 10.8. The lowest BCUT2D eigenvalue weighted by Gasteiger charge is -2.12. The Labute approximate surface area is 129 Å². The Morgan fingerprint density at radius 1 is 0.955 bits per heavy atom. The summed E-state index contributed by atoms with van der Waals surface area (Å²) in [6.45, 7) is 2.49. The number of benzene rings is 2. The van der Waals surface area contributed by atoms with E-state index in [9.17, 15) is 4.79 Å². The van der Waals surface area contributed by atoms with Crippen molar-refractivity contribution >= 4 is 5.91 Å². The van der Waals surface area contributed by atoms with Crippen molar-refractivity contribution in [2.75, 3.05) is 13.2 Å². The first-order valence-electron chi connectivity index (χ1n) is 7.08. The second kappa shape index (κ2) is 8.69. The fourth-order valence-electron chi connectivity index (χ4n) is 1.75. The van der Waals surface area contributed by atoms with Gasteiger partial charge in [-0.1, -0.05) is 42.5 Å². The minimum atomic E-state index is -0.347. The highest BCUT2D eigenvalue weighted by Crippen LogP contribution is 2.27. The normalized spacial score (nSPS) is 10.0. The second-order valence-electron chi connectivity index (χ2n) is 4.47. The van der Waals surface area contributed by atoms with Crippen LogP contribution in [0.2, 0.25) is 0 Å². The zero-order valence-corrected chi connectivity index (χ0v) is 12.5. The molecular formula is C17H19NO4. The van der Waals surface area contributed by atoms with Crippen LogP contribution in [-0.4, -0.2) is 19.1 Å². The number of para-hydroxylation sites is 2. The average molecular weight is 301 g/mol. The molecule has 5 nitrogen and oxygen atoms in total. The first-order valence-corrected chi connectivity index (χ1v) is 7.08. The maximum absolute atomic E-state index is 11.5. The number of carbonyl (C=O) groups excluding carboxylic acids is 1. The van der Waals surface area contributed by atoms with Gasteiger partial charge in [0.05, 0.1) is 6.61 Å². The fraction of sp³-hybridized carbons (Fsp3) is 0.235. The molecule has 2 rings (SSSR count). The Bertz CT molecular complexity index is 586. The average Bonchev–Trinajstić information content (AvgIpc) is 2.58. The predicted molar refractivity (Wildman–Crippen MR) is 82.5 cm³/mol. The molecule has 0 aromatic heterocycles. The van der Waals surface area contributed by atoms with Gasteiger partial charge in [0, 0.05) is 0 Å². The Morgan fingerprint density at radius 3 is 2.27 bits per heavy atom. The maximum atomic E-state index is 11.5. The maximum Gasteiger partial charge on any atom is 0.281 e. The van der Waals surface area contributed by atoms with Gasteiger partial charge in [0.2, 0.25) is 0 Å². The van der Waals surface area contributed by atoms with Crippen LogP contribution >= 0.6 is 0 Å². The van der Waals surface area contributed by atoms with Crippen LogP contribution in [-0.2, 0) is 16.2 Å². The van der Waals surface area contributed by atoms with Crippen LogP contribution < -0.4 is 15.0 Å². The predicted octanol–water partition coefficient (Wildman–Crippen LogP) is 2.71. The minimum Gasteiger partial charge on any atom is -0.485 e. The molecule has 2 aromatic carbocycles. The van der Waals surface area contributed by atoms with Crippen molar-refractivity contribution in [1.29, 1.82) is 0 Å². The van der Waals surface area contributed by atoms with Gasteiger partial charge in [0.25, 0.3) is 5.91 Å². The second-order valence-corrected chi connectivity index (χ2v) is 4.47. The van der Waals surface area contributed by atoms with Crippen LogP contribution in [0.1, 0.15) is 12.5 Å². The Kier molecular flexibility index (Phi) is 6.26. The molecule has 0 aliphatic heterocycles. The van der Waals surface area contributed by atoms with E-state index < -0.39 is 0 Å². The molecule has 0 heterocycles. The van der Waals surface area contributed by atoms with Crippen LogP contribution in [0.15, 0.2) is 54.6 Å². The molecule has 1 N–H and O–H groups in total. The molecule has 0 saturated heterocycles. The minimum absolute atomic E-state index is 0.133. The van der Waals surface area contributed by atoms with Gasteiger partial charge in [-0.05, 0) is 24.6 Å². The highest BCUT2D eigenvalue weighted by atomic mass is 16.7. The highest BCUT2D eigenvalue weighted by molar-refractivity contribution is 5.76. The van der Waals surface area contributed by atoms with Crippen molar-refractivity contribution in [3.05, 3.63) is 60.2 Å². The van der Waals surface area contributed by atoms with E-state index in [1.807, 2.05) is 42.5 Å². The molecular weight excluding hydrogens is 282 g/mol. The standard InChI is InChI=1S/C17H19NO4/c1-2-22-18-17(19)13-21-16-11-7-6-10-15(16)20-12-14-8-4-3-5-9-14/h3-11H,2,12-13H2,1H3,(H,18,19). The number of hydrogen-bond donors (Lipinski definition) is 1. The number of hydrogen-bond acceptors (Lipinski definition) is 4. The van der Waals surface area contributed by atoms with Crippen LogP contribution in [0.5, 0.6) is 11.5 Å². The number of ether oxygens (including phenoxy) is 2. The van der Waals surface area contributed by atoms with E-state index in [-0.39, 0.29) is 12.5 Å². The third-order valence-corrected chi connectivity index (χ3v) is 2.78. The summed E-state index contributed by atoms with van der Waals surface area (Å²) in [4.78, 5) is 16.3. The molecule has 0 aliphatic carbocycles. The summed E-state index contributed by atoms with van der Waals surface area (Å²) in [7, 11) is 0. The van der Waals surface area contributed by atoms with E-state index in [2.05, 4.69) is 5.48 Å². The lowest BCUT2D eigenvalue weighted by Crippen LogP contribution is -2.29. The quantitative estimate of drug-likeness (QED) is 0.762. The smallest absolute Gasteiger partial charge is 0.281 e. The summed E-state index contributed by atoms with van der Waals surface area (Å²) in [6, 6.07) is 17.1. The Hall–Kier alpha value is -2.53. The Morgan fingerprint density at radius 2 is 1.59 bits per heavy atom. The molecule has 116 valence electrons. The zero-order chi connectivity index (χ0) is 15.6. The Balaban J connectivity index is 1.90. The third kappa shape index (κ3) is 5.10. The van der Waals surface area contributed by atoms with Gasteiger partial charge < -0.3 is 9.47 Å². The monoisotopic (exact) mass is 301 g/mol. The zero-order valence-electron chi connectivity index (χ0n) is 12.5. The SMILES string of the molecule is CCONC(=O)COc1ccccc1OCc1ccccc1. The third-order valence-electron chi connectivity index (χ3n) is 2.78. The molecule has 2 aromatic rings. The van der Waals surface area contributed by atoms with Crippen molar-refractivity contribution < 1.29 is 19.1 Å². The highest BCUT2D eigenvalue weighted by Gasteiger charge is 2.07. The molecule has 0 fully saturated rings. The largest absolute Gasteiger partial charge is 0.485 e. The van der Waals surface area contributed by atoms with Gasteiger partial charge in [-0.3, -0.25) is 9.63 Å². The van der Waals surface area contributed by atoms with Gasteiger partial charge in [-0.15, -0.1) is 0 Å². The van der Waals surface area contributed by atoms with Gasteiger partial charge in [0.15, 0.2) is 18.1 Å². The molecule has 0 bridgehead atoms. The summed E-state index contributed by atoms with van der Waals surface area (Å²) in [6.07, 6.45) is 0. The van der Waals surface area contributed by atoms with Crippen molar-refractivity contribution in [3.63, 3.8) is 0 Å². The number of amides is 1. The summed E-state index contributed by atoms with van der Waals surface area (Å²) in [5, 5.41) is 0. The van der Waals surface area contributed by atoms with Crippen molar-refractivity contribution in [1.82, 2.24) is 5.48 Å². The van der Waals surface area contributed by atoms with E-state index in [1.54, 1.807) is 19.1 Å². The lowest BCUT2D eigenvalue weighted by atomic mass is 10.2. The van der Waals surface area contributed by atoms with Crippen molar-refractivity contribution in [3.8, 4) is 11.5 Å². The molecule has 5 heteroatoms. The van der Waals surface area contributed by atoms with Crippen LogP contribution in [0.25, 0.3) is 0 Å². The number of carbonyl (C=O) groups is 1. The van der Waals surface area contributed by atoms with Crippen LogP contribution in [0, 0.1) is 0 Å². The molecule has 0 unspecified atom stereocenters. The van der Waals surface area contributed by atoms with Crippen molar-refractivity contribution in [2.24, 2.45) is 0 Å². The molecule has 0 atom stereocenters. The van der Waals surface area contributed by atoms with Crippen LogP contribution in [0.4, 0.5) is 0 Å². The van der Waals surface area contributed by atoms with E-state index in [1.165, 1.54) is 0 Å². The van der Waals surface area contributed by atoms with Crippen molar-refractivity contribution in [2.45, 2.75) is 13.5 Å². The number of hydroxylamine groups is 1. The molecule has 1 amide bonds. The summed E-state index contributed by atoms with van der Waals surface area (Å²) < 4.78 is 11.2. The number of nitrogens with one attached hydrogen (secondary N) is 1. The van der Waals surface area contributed by atoms with Gasteiger partial charge in [-0.2, -0.15) is 0 Å². The van der Waals surface area contributed by atoms with Gasteiger partial charge in [-0.25, -0.2) is 5.48 Å². The summed E-state index contributed by atoms with van der Waals surface area (Å²) in [5.41, 5.74) is 3.34. The van der Waals surface area contributed by atoms with Gasteiger partial charge in [0.1, 0.15) is 6.61 Å².